The second-order valence-electron chi connectivity index (χ2n) is 4.48. The second-order valence-corrected chi connectivity index (χ2v) is 5.56. The number of H-pyrrole nitrogens is 1. The Bertz CT molecular complexity index is 579. The number of ether oxygens (including phenoxy) is 1. The number of aryl methyl sites for hydroxylation is 2. The molecular formula is C13H15N3O2S. The molecule has 0 aromatic carbocycles. The maximum Gasteiger partial charge on any atom is 0.342 e. The van der Waals surface area contributed by atoms with Crippen LogP contribution in [0.25, 0.3) is 10.7 Å². The summed E-state index contributed by atoms with van der Waals surface area (Å²) < 4.78 is 5.03. The van der Waals surface area contributed by atoms with Crippen molar-refractivity contribution in [2.24, 2.45) is 0 Å². The number of hydrogen-bond donors (Lipinski definition) is 1. The van der Waals surface area contributed by atoms with Crippen molar-refractivity contribution in [2.75, 3.05) is 6.61 Å². The summed E-state index contributed by atoms with van der Waals surface area (Å²) in [6.07, 6.45) is 6.06. The monoisotopic (exact) mass is 277 g/mol. The number of rotatable bonds is 3. The number of carbonyl (C=O) groups excluding carboxylic acids is 1. The lowest BCUT2D eigenvalue weighted by atomic mass is 10.0. The van der Waals surface area contributed by atoms with Crippen molar-refractivity contribution in [3.63, 3.8) is 0 Å². The predicted molar refractivity (Wildman–Crippen MR) is 72.3 cm³/mol. The van der Waals surface area contributed by atoms with Gasteiger partial charge in [-0.25, -0.2) is 9.78 Å². The zero-order chi connectivity index (χ0) is 13.2. The first-order valence-electron chi connectivity index (χ1n) is 6.49. The van der Waals surface area contributed by atoms with Gasteiger partial charge in [0.1, 0.15) is 16.3 Å². The van der Waals surface area contributed by atoms with Crippen LogP contribution in [0.15, 0.2) is 6.20 Å². The number of nitrogens with one attached hydrogen (secondary N) is 1. The first-order chi connectivity index (χ1) is 9.29. The molecule has 0 amide bonds. The SMILES string of the molecule is CCOC(=O)c1cn[nH]c1-c1nc2c(s1)CCCC2. The molecule has 6 heteroatoms. The molecule has 2 aromatic rings. The van der Waals surface area contributed by atoms with Gasteiger partial charge >= 0.3 is 5.97 Å². The molecule has 0 saturated carbocycles. The minimum Gasteiger partial charge on any atom is -0.462 e. The summed E-state index contributed by atoms with van der Waals surface area (Å²) in [5.74, 6) is -0.348. The van der Waals surface area contributed by atoms with E-state index in [0.29, 0.717) is 17.9 Å². The number of esters is 1. The second kappa shape index (κ2) is 5.13. The van der Waals surface area contributed by atoms with Gasteiger partial charge in [0, 0.05) is 4.88 Å². The van der Waals surface area contributed by atoms with E-state index in [1.165, 1.54) is 29.6 Å². The number of aromatic amines is 1. The highest BCUT2D eigenvalue weighted by Gasteiger charge is 2.22. The first kappa shape index (κ1) is 12.3. The number of carbonyl (C=O) groups is 1. The third kappa shape index (κ3) is 2.28. The summed E-state index contributed by atoms with van der Waals surface area (Å²) >= 11 is 1.65. The van der Waals surface area contributed by atoms with Crippen molar-refractivity contribution < 1.29 is 9.53 Å². The van der Waals surface area contributed by atoms with Gasteiger partial charge in [0.2, 0.25) is 0 Å². The Morgan fingerprint density at radius 2 is 2.32 bits per heavy atom. The largest absolute Gasteiger partial charge is 0.462 e. The molecule has 2 heterocycles. The summed E-state index contributed by atoms with van der Waals surface area (Å²) in [5, 5.41) is 7.66. The number of thiazole rings is 1. The van der Waals surface area contributed by atoms with Crippen LogP contribution in [0.5, 0.6) is 0 Å². The van der Waals surface area contributed by atoms with Gasteiger partial charge in [-0.15, -0.1) is 11.3 Å². The van der Waals surface area contributed by atoms with Gasteiger partial charge in [-0.3, -0.25) is 5.10 Å². The van der Waals surface area contributed by atoms with Crippen molar-refractivity contribution in [3.8, 4) is 10.7 Å². The van der Waals surface area contributed by atoms with E-state index in [1.54, 1.807) is 18.3 Å². The highest BCUT2D eigenvalue weighted by atomic mass is 32.1. The topological polar surface area (TPSA) is 67.9 Å². The van der Waals surface area contributed by atoms with Crippen LogP contribution in [-0.4, -0.2) is 27.8 Å². The van der Waals surface area contributed by atoms with Crippen LogP contribution in [-0.2, 0) is 17.6 Å². The van der Waals surface area contributed by atoms with Crippen LogP contribution < -0.4 is 0 Å². The molecule has 0 saturated heterocycles. The van der Waals surface area contributed by atoms with E-state index in [1.807, 2.05) is 0 Å². The molecule has 0 fully saturated rings. The van der Waals surface area contributed by atoms with Gasteiger partial charge in [0.25, 0.3) is 0 Å². The Labute approximate surface area is 115 Å². The Balaban J connectivity index is 1.96. The molecule has 2 aromatic heterocycles. The van der Waals surface area contributed by atoms with Gasteiger partial charge in [-0.2, -0.15) is 5.10 Å². The van der Waals surface area contributed by atoms with Crippen molar-refractivity contribution in [2.45, 2.75) is 32.6 Å². The molecule has 1 N–H and O–H groups in total. The Morgan fingerprint density at radius 3 is 3.11 bits per heavy atom. The van der Waals surface area contributed by atoms with Gasteiger partial charge in [0.15, 0.2) is 0 Å². The van der Waals surface area contributed by atoms with Gasteiger partial charge < -0.3 is 4.74 Å². The van der Waals surface area contributed by atoms with E-state index in [-0.39, 0.29) is 5.97 Å². The van der Waals surface area contributed by atoms with E-state index < -0.39 is 0 Å². The molecule has 0 aliphatic heterocycles. The van der Waals surface area contributed by atoms with E-state index in [2.05, 4.69) is 15.2 Å². The highest BCUT2D eigenvalue weighted by Crippen LogP contribution is 2.33. The fraction of sp³-hybridized carbons (Fsp3) is 0.462. The standard InChI is InChI=1S/C13H15N3O2S/c1-2-18-13(17)8-7-14-16-11(8)12-15-9-5-3-4-6-10(9)19-12/h7H,2-6H2,1H3,(H,14,16). The zero-order valence-electron chi connectivity index (χ0n) is 10.7. The predicted octanol–water partition coefficient (Wildman–Crippen LogP) is 2.59. The molecule has 19 heavy (non-hydrogen) atoms. The maximum absolute atomic E-state index is 11.8. The summed E-state index contributed by atoms with van der Waals surface area (Å²) in [6.45, 7) is 2.15. The van der Waals surface area contributed by atoms with Crippen molar-refractivity contribution in [3.05, 3.63) is 22.3 Å². The Hall–Kier alpha value is -1.69. The fourth-order valence-electron chi connectivity index (χ4n) is 2.27. The van der Waals surface area contributed by atoms with E-state index in [9.17, 15) is 4.79 Å². The minimum atomic E-state index is -0.348. The lowest BCUT2D eigenvalue weighted by molar-refractivity contribution is 0.0527. The summed E-state index contributed by atoms with van der Waals surface area (Å²) in [6, 6.07) is 0. The van der Waals surface area contributed by atoms with Gasteiger partial charge in [-0.1, -0.05) is 0 Å². The first-order valence-corrected chi connectivity index (χ1v) is 7.30. The molecule has 5 nitrogen and oxygen atoms in total. The van der Waals surface area contributed by atoms with E-state index in [4.69, 9.17) is 4.74 Å². The molecule has 100 valence electrons. The Morgan fingerprint density at radius 1 is 1.47 bits per heavy atom. The quantitative estimate of drug-likeness (QED) is 0.876. The average molecular weight is 277 g/mol. The highest BCUT2D eigenvalue weighted by molar-refractivity contribution is 7.15. The van der Waals surface area contributed by atoms with Crippen LogP contribution in [0.2, 0.25) is 0 Å². The summed E-state index contributed by atoms with van der Waals surface area (Å²) in [7, 11) is 0. The van der Waals surface area contributed by atoms with Crippen LogP contribution in [0.4, 0.5) is 0 Å². The van der Waals surface area contributed by atoms with Gasteiger partial charge in [0.05, 0.1) is 18.5 Å². The number of nitrogens with zero attached hydrogens (tertiary/aromatic N) is 2. The summed E-state index contributed by atoms with van der Waals surface area (Å²) in [4.78, 5) is 17.8. The van der Waals surface area contributed by atoms with Crippen molar-refractivity contribution in [1.29, 1.82) is 0 Å². The molecule has 1 aliphatic carbocycles. The van der Waals surface area contributed by atoms with Crippen LogP contribution in [0.3, 0.4) is 0 Å². The lowest BCUT2D eigenvalue weighted by Gasteiger charge is -2.06. The van der Waals surface area contributed by atoms with Crippen LogP contribution in [0, 0.1) is 0 Å². The average Bonchev–Trinajstić information content (AvgIpc) is 3.05. The van der Waals surface area contributed by atoms with Crippen molar-refractivity contribution >= 4 is 17.3 Å². The zero-order valence-corrected chi connectivity index (χ0v) is 11.5. The molecular weight excluding hydrogens is 262 g/mol. The molecule has 0 atom stereocenters. The Kier molecular flexibility index (Phi) is 3.33. The molecule has 0 spiro atoms. The normalized spacial score (nSPS) is 14.2. The third-order valence-electron chi connectivity index (χ3n) is 3.19. The van der Waals surface area contributed by atoms with Crippen LogP contribution >= 0.6 is 11.3 Å². The van der Waals surface area contributed by atoms with Gasteiger partial charge in [-0.05, 0) is 32.6 Å². The number of fused-ring (bicyclic) bond motifs is 1. The smallest absolute Gasteiger partial charge is 0.342 e. The molecule has 0 unspecified atom stereocenters. The van der Waals surface area contributed by atoms with Crippen molar-refractivity contribution in [1.82, 2.24) is 15.2 Å². The van der Waals surface area contributed by atoms with Crippen LogP contribution in [0.1, 0.15) is 40.7 Å². The molecule has 1 aliphatic rings. The van der Waals surface area contributed by atoms with E-state index >= 15 is 0 Å². The number of hydrogen-bond acceptors (Lipinski definition) is 5. The van der Waals surface area contributed by atoms with E-state index in [0.717, 1.165) is 17.8 Å². The fourth-order valence-corrected chi connectivity index (χ4v) is 3.43. The molecule has 0 bridgehead atoms. The minimum absolute atomic E-state index is 0.348. The lowest BCUT2D eigenvalue weighted by Crippen LogP contribution is -2.04. The third-order valence-corrected chi connectivity index (χ3v) is 4.37. The number of aromatic nitrogens is 3. The summed E-state index contributed by atoms with van der Waals surface area (Å²) in [5.41, 5.74) is 2.32. The maximum atomic E-state index is 11.8. The molecule has 3 rings (SSSR count). The molecule has 0 radical (unpaired) electrons.